The molecule has 1 atom stereocenters. The average molecular weight is 312 g/mol. The molecule has 1 aromatic heterocycles. The maximum atomic E-state index is 11.3. The first-order valence-electron chi connectivity index (χ1n) is 7.82. The molecule has 0 radical (unpaired) electrons. The van der Waals surface area contributed by atoms with Crippen molar-refractivity contribution in [1.29, 1.82) is 0 Å². The van der Waals surface area contributed by atoms with E-state index in [1.807, 2.05) is 31.2 Å². The van der Waals surface area contributed by atoms with Crippen molar-refractivity contribution in [3.05, 3.63) is 53.9 Å². The van der Waals surface area contributed by atoms with Gasteiger partial charge in [-0.2, -0.15) is 0 Å². The van der Waals surface area contributed by atoms with Gasteiger partial charge < -0.3 is 14.7 Å². The van der Waals surface area contributed by atoms with Gasteiger partial charge in [0.15, 0.2) is 0 Å². The Labute approximate surface area is 135 Å². The zero-order valence-corrected chi connectivity index (χ0v) is 13.1. The van der Waals surface area contributed by atoms with Gasteiger partial charge in [-0.25, -0.2) is 4.79 Å². The highest BCUT2D eigenvalue weighted by Crippen LogP contribution is 2.34. The first-order valence-corrected chi connectivity index (χ1v) is 7.82. The Morgan fingerprint density at radius 1 is 1.35 bits per heavy atom. The minimum atomic E-state index is -0.909. The number of hydrogen-bond donors (Lipinski definition) is 1. The van der Waals surface area contributed by atoms with Crippen molar-refractivity contribution in [3.63, 3.8) is 0 Å². The van der Waals surface area contributed by atoms with Gasteiger partial charge in [-0.1, -0.05) is 18.2 Å². The second-order valence-corrected chi connectivity index (χ2v) is 5.54. The monoisotopic (exact) mass is 312 g/mol. The van der Waals surface area contributed by atoms with Crippen LogP contribution in [0.2, 0.25) is 0 Å². The predicted octanol–water partition coefficient (Wildman–Crippen LogP) is 3.36. The molecule has 0 saturated carbocycles. The van der Waals surface area contributed by atoms with Crippen LogP contribution in [0.4, 0.5) is 4.79 Å². The fourth-order valence-corrected chi connectivity index (χ4v) is 3.07. The summed E-state index contributed by atoms with van der Waals surface area (Å²) in [5.74, 6) is 0. The van der Waals surface area contributed by atoms with Crippen molar-refractivity contribution in [3.8, 4) is 11.1 Å². The predicted molar refractivity (Wildman–Crippen MR) is 87.3 cm³/mol. The Hall–Kier alpha value is -2.40. The van der Waals surface area contributed by atoms with Crippen LogP contribution in [-0.4, -0.2) is 40.8 Å². The van der Waals surface area contributed by atoms with Crippen LogP contribution in [0.5, 0.6) is 0 Å². The van der Waals surface area contributed by atoms with E-state index < -0.39 is 6.09 Å². The van der Waals surface area contributed by atoms with Crippen LogP contribution < -0.4 is 0 Å². The molecule has 0 aliphatic carbocycles. The fraction of sp³-hybridized carbons (Fsp3) is 0.333. The van der Waals surface area contributed by atoms with Gasteiger partial charge in [0, 0.05) is 18.9 Å². The van der Waals surface area contributed by atoms with Crippen molar-refractivity contribution in [1.82, 2.24) is 9.88 Å². The number of pyridine rings is 1. The highest BCUT2D eigenvalue weighted by atomic mass is 16.5. The quantitative estimate of drug-likeness (QED) is 0.940. The molecule has 1 aromatic carbocycles. The molecule has 1 amide bonds. The first kappa shape index (κ1) is 15.5. The van der Waals surface area contributed by atoms with Crippen LogP contribution >= 0.6 is 0 Å². The fourth-order valence-electron chi connectivity index (χ4n) is 3.07. The van der Waals surface area contributed by atoms with Gasteiger partial charge in [-0.3, -0.25) is 4.98 Å². The van der Waals surface area contributed by atoms with Gasteiger partial charge in [-0.15, -0.1) is 0 Å². The lowest BCUT2D eigenvalue weighted by Gasteiger charge is -2.31. The number of ether oxygens (including phenoxy) is 1. The summed E-state index contributed by atoms with van der Waals surface area (Å²) in [6.45, 7) is 3.26. The van der Waals surface area contributed by atoms with Gasteiger partial charge in [0.05, 0.1) is 13.2 Å². The third-order valence-electron chi connectivity index (χ3n) is 4.26. The number of carboxylic acid groups (broad SMARTS) is 1. The van der Waals surface area contributed by atoms with E-state index >= 15 is 0 Å². The van der Waals surface area contributed by atoms with E-state index in [0.717, 1.165) is 17.5 Å². The topological polar surface area (TPSA) is 62.7 Å². The van der Waals surface area contributed by atoms with Gasteiger partial charge in [-0.05, 0) is 47.7 Å². The number of carbonyl (C=O) groups is 1. The second-order valence-electron chi connectivity index (χ2n) is 5.54. The lowest BCUT2D eigenvalue weighted by molar-refractivity contribution is 0.0188. The van der Waals surface area contributed by atoms with Gasteiger partial charge >= 0.3 is 6.09 Å². The van der Waals surface area contributed by atoms with Crippen molar-refractivity contribution in [2.24, 2.45) is 0 Å². The highest BCUT2D eigenvalue weighted by molar-refractivity contribution is 5.69. The molecule has 2 aromatic rings. The van der Waals surface area contributed by atoms with Crippen LogP contribution in [0.15, 0.2) is 42.7 Å². The minimum Gasteiger partial charge on any atom is -0.465 e. The zero-order valence-electron chi connectivity index (χ0n) is 13.1. The zero-order chi connectivity index (χ0) is 16.2. The first-order chi connectivity index (χ1) is 11.2. The average Bonchev–Trinajstić information content (AvgIpc) is 2.59. The molecular weight excluding hydrogens is 292 g/mol. The van der Waals surface area contributed by atoms with Crippen molar-refractivity contribution in [2.75, 3.05) is 19.7 Å². The van der Waals surface area contributed by atoms with Crippen LogP contribution in [0.25, 0.3) is 11.1 Å². The molecule has 1 unspecified atom stereocenters. The molecule has 1 N–H and O–H groups in total. The molecule has 3 rings (SSSR count). The van der Waals surface area contributed by atoms with Crippen molar-refractivity contribution in [2.45, 2.75) is 19.4 Å². The Balaban J connectivity index is 1.95. The molecule has 23 heavy (non-hydrogen) atoms. The molecule has 0 saturated heterocycles. The molecule has 5 nitrogen and oxygen atoms in total. The maximum Gasteiger partial charge on any atom is 0.407 e. The van der Waals surface area contributed by atoms with E-state index in [2.05, 4.69) is 11.1 Å². The SMILES string of the molecule is CCN(CC1OCCc2c(-c3ccncc3)cccc21)C(=O)O. The number of rotatable bonds is 4. The summed E-state index contributed by atoms with van der Waals surface area (Å²) in [6.07, 6.45) is 3.29. The summed E-state index contributed by atoms with van der Waals surface area (Å²) >= 11 is 0. The van der Waals surface area contributed by atoms with Crippen LogP contribution in [-0.2, 0) is 11.2 Å². The molecule has 1 aliphatic rings. The number of fused-ring (bicyclic) bond motifs is 1. The molecule has 0 bridgehead atoms. The lowest BCUT2D eigenvalue weighted by Crippen LogP contribution is -2.35. The number of hydrogen-bond acceptors (Lipinski definition) is 3. The third kappa shape index (κ3) is 3.19. The number of aromatic nitrogens is 1. The molecule has 120 valence electrons. The standard InChI is InChI=1S/C18H20N2O3/c1-2-20(18(21)22)12-17-16-5-3-4-14(15(16)8-11-23-17)13-6-9-19-10-7-13/h3-7,9-10,17H,2,8,11-12H2,1H3,(H,21,22). The Morgan fingerprint density at radius 2 is 2.13 bits per heavy atom. The van der Waals surface area contributed by atoms with E-state index in [1.54, 1.807) is 12.4 Å². The molecule has 2 heterocycles. The Bertz CT molecular complexity index is 688. The molecule has 0 fully saturated rings. The van der Waals surface area contributed by atoms with E-state index in [-0.39, 0.29) is 6.10 Å². The van der Waals surface area contributed by atoms with Crippen LogP contribution in [0.3, 0.4) is 0 Å². The van der Waals surface area contributed by atoms with E-state index in [4.69, 9.17) is 4.74 Å². The molecular formula is C18H20N2O3. The molecule has 0 spiro atoms. The van der Waals surface area contributed by atoms with E-state index in [1.165, 1.54) is 16.0 Å². The lowest BCUT2D eigenvalue weighted by atomic mass is 9.90. The number of benzene rings is 1. The number of nitrogens with zero attached hydrogens (tertiary/aromatic N) is 2. The van der Waals surface area contributed by atoms with Crippen LogP contribution in [0, 0.1) is 0 Å². The van der Waals surface area contributed by atoms with E-state index in [9.17, 15) is 9.90 Å². The summed E-state index contributed by atoms with van der Waals surface area (Å²) in [6, 6.07) is 10.1. The summed E-state index contributed by atoms with van der Waals surface area (Å²) in [5.41, 5.74) is 4.64. The van der Waals surface area contributed by atoms with Gasteiger partial charge in [0.2, 0.25) is 0 Å². The van der Waals surface area contributed by atoms with Crippen LogP contribution in [0.1, 0.15) is 24.2 Å². The number of amides is 1. The summed E-state index contributed by atoms with van der Waals surface area (Å²) in [7, 11) is 0. The smallest absolute Gasteiger partial charge is 0.407 e. The summed E-state index contributed by atoms with van der Waals surface area (Å²) < 4.78 is 5.86. The summed E-state index contributed by atoms with van der Waals surface area (Å²) in [5, 5.41) is 9.25. The number of likely N-dealkylation sites (N-methyl/N-ethyl adjacent to an activating group) is 1. The van der Waals surface area contributed by atoms with Gasteiger partial charge in [0.25, 0.3) is 0 Å². The maximum absolute atomic E-state index is 11.3. The highest BCUT2D eigenvalue weighted by Gasteiger charge is 2.26. The second kappa shape index (κ2) is 6.79. The Morgan fingerprint density at radius 3 is 2.83 bits per heavy atom. The molecule has 1 aliphatic heterocycles. The largest absolute Gasteiger partial charge is 0.465 e. The molecule has 5 heteroatoms. The third-order valence-corrected chi connectivity index (χ3v) is 4.26. The summed E-state index contributed by atoms with van der Waals surface area (Å²) in [4.78, 5) is 16.7. The van der Waals surface area contributed by atoms with E-state index in [0.29, 0.717) is 19.7 Å². The Kier molecular flexibility index (Phi) is 4.57. The normalized spacial score (nSPS) is 16.7. The minimum absolute atomic E-state index is 0.211. The van der Waals surface area contributed by atoms with Gasteiger partial charge in [0.1, 0.15) is 6.10 Å². The van der Waals surface area contributed by atoms with Crippen molar-refractivity contribution >= 4 is 6.09 Å². The van der Waals surface area contributed by atoms with Crippen molar-refractivity contribution < 1.29 is 14.6 Å².